The maximum atomic E-state index is 3.78. The molecule has 0 atom stereocenters. The number of thiophene rings is 1. The lowest BCUT2D eigenvalue weighted by Gasteiger charge is -1.93. The zero-order valence-corrected chi connectivity index (χ0v) is 7.16. The second kappa shape index (κ2) is 2.67. The molecule has 0 amide bonds. The predicted molar refractivity (Wildman–Crippen MR) is 51.8 cm³/mol. The smallest absolute Gasteiger partial charge is 0.0305 e. The van der Waals surface area contributed by atoms with Crippen molar-refractivity contribution in [2.45, 2.75) is 12.8 Å². The molecule has 56 valence electrons. The van der Waals surface area contributed by atoms with Gasteiger partial charge < -0.3 is 0 Å². The highest BCUT2D eigenvalue weighted by Crippen LogP contribution is 2.02. The zero-order chi connectivity index (χ0) is 7.68. The minimum atomic E-state index is 1.19. The first-order chi connectivity index (χ1) is 5.42. The molecule has 1 aromatic heterocycles. The lowest BCUT2D eigenvalue weighted by Crippen LogP contribution is -2.22. The van der Waals surface area contributed by atoms with Crippen molar-refractivity contribution in [3.8, 4) is 0 Å². The Bertz CT molecular complexity index is 381. The van der Waals surface area contributed by atoms with Gasteiger partial charge in [0, 0.05) is 4.53 Å². The Labute approximate surface area is 70.2 Å². The van der Waals surface area contributed by atoms with Gasteiger partial charge in [-0.25, -0.2) is 0 Å². The molecule has 2 rings (SSSR count). The van der Waals surface area contributed by atoms with Crippen LogP contribution in [0.25, 0.3) is 18.2 Å². The van der Waals surface area contributed by atoms with Crippen LogP contribution in [0.5, 0.6) is 0 Å². The summed E-state index contributed by atoms with van der Waals surface area (Å²) >= 11 is 1.82. The summed E-state index contributed by atoms with van der Waals surface area (Å²) in [4.78, 5) is 0. The van der Waals surface area contributed by atoms with Crippen LogP contribution in [0.4, 0.5) is 0 Å². The SMILES string of the molecule is C=Cc1csc2c1=CCCC=2. The van der Waals surface area contributed by atoms with Gasteiger partial charge in [-0.3, -0.25) is 0 Å². The van der Waals surface area contributed by atoms with Crippen LogP contribution in [-0.2, 0) is 0 Å². The minimum Gasteiger partial charge on any atom is -0.144 e. The zero-order valence-electron chi connectivity index (χ0n) is 6.34. The molecule has 0 fully saturated rings. The van der Waals surface area contributed by atoms with Crippen molar-refractivity contribution in [2.75, 3.05) is 0 Å². The van der Waals surface area contributed by atoms with Gasteiger partial charge in [0.1, 0.15) is 0 Å². The van der Waals surface area contributed by atoms with E-state index in [1.165, 1.54) is 28.2 Å². The molecule has 0 bridgehead atoms. The molecule has 0 spiro atoms. The van der Waals surface area contributed by atoms with Gasteiger partial charge in [-0.2, -0.15) is 0 Å². The van der Waals surface area contributed by atoms with E-state index >= 15 is 0 Å². The first-order valence-electron chi connectivity index (χ1n) is 3.82. The second-order valence-corrected chi connectivity index (χ2v) is 3.57. The molecule has 1 heterocycles. The second-order valence-electron chi connectivity index (χ2n) is 2.66. The van der Waals surface area contributed by atoms with Crippen molar-refractivity contribution in [3.63, 3.8) is 0 Å². The summed E-state index contributed by atoms with van der Waals surface area (Å²) in [6.07, 6.45) is 8.94. The van der Waals surface area contributed by atoms with Crippen LogP contribution in [0.15, 0.2) is 12.0 Å². The van der Waals surface area contributed by atoms with E-state index < -0.39 is 0 Å². The van der Waals surface area contributed by atoms with E-state index in [0.717, 1.165) is 0 Å². The number of hydrogen-bond donors (Lipinski definition) is 0. The van der Waals surface area contributed by atoms with Gasteiger partial charge in [0.05, 0.1) is 0 Å². The molecular weight excluding hydrogens is 152 g/mol. The van der Waals surface area contributed by atoms with Gasteiger partial charge in [-0.05, 0) is 29.0 Å². The predicted octanol–water partition coefficient (Wildman–Crippen LogP) is 1.75. The Morgan fingerprint density at radius 2 is 2.18 bits per heavy atom. The van der Waals surface area contributed by atoms with Gasteiger partial charge in [0.15, 0.2) is 0 Å². The van der Waals surface area contributed by atoms with Crippen LogP contribution in [0.1, 0.15) is 18.4 Å². The quantitative estimate of drug-likeness (QED) is 0.590. The van der Waals surface area contributed by atoms with Gasteiger partial charge in [-0.15, -0.1) is 11.3 Å². The summed E-state index contributed by atoms with van der Waals surface area (Å²) in [5.41, 5.74) is 1.29. The minimum absolute atomic E-state index is 1.19. The van der Waals surface area contributed by atoms with Gasteiger partial charge >= 0.3 is 0 Å². The van der Waals surface area contributed by atoms with E-state index in [0.29, 0.717) is 0 Å². The van der Waals surface area contributed by atoms with Crippen LogP contribution < -0.4 is 9.75 Å². The third-order valence-electron chi connectivity index (χ3n) is 1.95. The Balaban J connectivity index is 2.83. The van der Waals surface area contributed by atoms with E-state index in [9.17, 15) is 0 Å². The van der Waals surface area contributed by atoms with Gasteiger partial charge in [0.25, 0.3) is 0 Å². The molecule has 0 saturated heterocycles. The molecule has 0 nitrogen and oxygen atoms in total. The Morgan fingerprint density at radius 1 is 1.36 bits per heavy atom. The molecule has 0 unspecified atom stereocenters. The number of rotatable bonds is 1. The van der Waals surface area contributed by atoms with Crippen LogP contribution >= 0.6 is 11.3 Å². The molecule has 1 heteroatoms. The largest absolute Gasteiger partial charge is 0.144 e. The lowest BCUT2D eigenvalue weighted by atomic mass is 10.1. The van der Waals surface area contributed by atoms with Crippen LogP contribution in [0.3, 0.4) is 0 Å². The van der Waals surface area contributed by atoms with Crippen molar-refractivity contribution in [1.82, 2.24) is 0 Å². The highest BCUT2D eigenvalue weighted by Gasteiger charge is 1.98. The molecule has 0 N–H and O–H groups in total. The Kier molecular flexibility index (Phi) is 1.66. The first kappa shape index (κ1) is 6.86. The summed E-state index contributed by atoms with van der Waals surface area (Å²) in [5.74, 6) is 0. The van der Waals surface area contributed by atoms with Crippen LogP contribution in [-0.4, -0.2) is 0 Å². The maximum Gasteiger partial charge on any atom is 0.0305 e. The van der Waals surface area contributed by atoms with Crippen LogP contribution in [0.2, 0.25) is 0 Å². The summed E-state index contributed by atoms with van der Waals surface area (Å²) in [6.45, 7) is 3.78. The number of fused-ring (bicyclic) bond motifs is 1. The Hall–Kier alpha value is -0.820. The van der Waals surface area contributed by atoms with Crippen molar-refractivity contribution in [1.29, 1.82) is 0 Å². The fraction of sp³-hybridized carbons (Fsp3) is 0.200. The molecule has 1 aliphatic carbocycles. The summed E-state index contributed by atoms with van der Waals surface area (Å²) in [5, 5.41) is 3.58. The van der Waals surface area contributed by atoms with Crippen LogP contribution in [0, 0.1) is 0 Å². The molecule has 1 aromatic rings. The topological polar surface area (TPSA) is 0 Å². The lowest BCUT2D eigenvalue weighted by molar-refractivity contribution is 1.13. The molecule has 0 aliphatic heterocycles. The highest BCUT2D eigenvalue weighted by atomic mass is 32.1. The fourth-order valence-corrected chi connectivity index (χ4v) is 2.39. The fourth-order valence-electron chi connectivity index (χ4n) is 1.37. The summed E-state index contributed by atoms with van der Waals surface area (Å²) in [7, 11) is 0. The van der Waals surface area contributed by atoms with Crippen molar-refractivity contribution >= 4 is 29.6 Å². The molecule has 0 saturated carbocycles. The normalized spacial score (nSPS) is 14.5. The standard InChI is InChI=1S/C10H10S/c1-2-8-7-11-10-6-4-3-5-9(8)10/h2,5-7H,1,3-4H2. The van der Waals surface area contributed by atoms with E-state index in [2.05, 4.69) is 24.1 Å². The third-order valence-corrected chi connectivity index (χ3v) is 2.97. The Morgan fingerprint density at radius 3 is 3.00 bits per heavy atom. The summed E-state index contributed by atoms with van der Waals surface area (Å²) in [6, 6.07) is 0. The monoisotopic (exact) mass is 162 g/mol. The molecule has 0 radical (unpaired) electrons. The molecule has 0 aromatic carbocycles. The van der Waals surface area contributed by atoms with E-state index in [-0.39, 0.29) is 0 Å². The molecular formula is C10H10S. The maximum absolute atomic E-state index is 3.78. The van der Waals surface area contributed by atoms with Crippen molar-refractivity contribution in [2.24, 2.45) is 0 Å². The number of hydrogen-bond acceptors (Lipinski definition) is 1. The average molecular weight is 162 g/mol. The highest BCUT2D eigenvalue weighted by molar-refractivity contribution is 7.08. The van der Waals surface area contributed by atoms with E-state index in [1.807, 2.05) is 17.4 Å². The summed E-state index contributed by atoms with van der Waals surface area (Å²) < 4.78 is 1.42. The van der Waals surface area contributed by atoms with Crippen molar-refractivity contribution < 1.29 is 0 Å². The van der Waals surface area contributed by atoms with Gasteiger partial charge in [-0.1, -0.05) is 24.8 Å². The molecule has 11 heavy (non-hydrogen) atoms. The average Bonchev–Trinajstić information content (AvgIpc) is 2.47. The van der Waals surface area contributed by atoms with Crippen molar-refractivity contribution in [3.05, 3.63) is 27.3 Å². The first-order valence-corrected chi connectivity index (χ1v) is 4.70. The van der Waals surface area contributed by atoms with Gasteiger partial charge in [0.2, 0.25) is 0 Å². The molecule has 1 aliphatic rings. The third kappa shape index (κ3) is 1.05. The van der Waals surface area contributed by atoms with E-state index in [1.54, 1.807) is 0 Å². The van der Waals surface area contributed by atoms with E-state index in [4.69, 9.17) is 0 Å².